The molecule has 1 saturated carbocycles. The first-order valence-electron chi connectivity index (χ1n) is 5.78. The van der Waals surface area contributed by atoms with E-state index in [0.717, 1.165) is 12.8 Å². The highest BCUT2D eigenvalue weighted by Gasteiger charge is 2.35. The summed E-state index contributed by atoms with van der Waals surface area (Å²) in [7, 11) is 0. The number of hydrogen-bond donors (Lipinski definition) is 2. The van der Waals surface area contributed by atoms with Gasteiger partial charge in [-0.1, -0.05) is 0 Å². The number of nitrogens with zero attached hydrogens (tertiary/aromatic N) is 1. The quantitative estimate of drug-likeness (QED) is 0.678. The van der Waals surface area contributed by atoms with Gasteiger partial charge in [-0.15, -0.1) is 0 Å². The highest BCUT2D eigenvalue weighted by Crippen LogP contribution is 2.32. The Balaban J connectivity index is 1.92. The van der Waals surface area contributed by atoms with Crippen LogP contribution in [0.3, 0.4) is 0 Å². The molecular formula is C11H13N3O3. The summed E-state index contributed by atoms with van der Waals surface area (Å²) in [6.45, 7) is 0.901. The monoisotopic (exact) mass is 235 g/mol. The minimum Gasteiger partial charge on any atom is -0.337 e. The summed E-state index contributed by atoms with van der Waals surface area (Å²) in [6.07, 6.45) is 2.47. The fourth-order valence-corrected chi connectivity index (χ4v) is 2.23. The van der Waals surface area contributed by atoms with Crippen molar-refractivity contribution in [2.24, 2.45) is 5.92 Å². The summed E-state index contributed by atoms with van der Waals surface area (Å²) >= 11 is 0. The molecule has 6 nitrogen and oxygen atoms in total. The molecule has 0 aromatic carbocycles. The number of fused-ring (bicyclic) bond motifs is 1. The zero-order valence-corrected chi connectivity index (χ0v) is 9.28. The Morgan fingerprint density at radius 1 is 1.24 bits per heavy atom. The molecule has 0 saturated heterocycles. The molecule has 1 amide bonds. The average Bonchev–Trinajstić information content (AvgIpc) is 3.11. The molecule has 0 spiro atoms. The Hall–Kier alpha value is -1.85. The highest BCUT2D eigenvalue weighted by molar-refractivity contribution is 5.81. The number of aromatic nitrogens is 2. The van der Waals surface area contributed by atoms with Crippen molar-refractivity contribution in [2.75, 3.05) is 6.54 Å². The lowest BCUT2D eigenvalue weighted by molar-refractivity contribution is -0.133. The maximum absolute atomic E-state index is 11.9. The molecule has 17 heavy (non-hydrogen) atoms. The average molecular weight is 235 g/mol. The second kappa shape index (κ2) is 3.58. The first kappa shape index (κ1) is 10.3. The third-order valence-electron chi connectivity index (χ3n) is 3.35. The van der Waals surface area contributed by atoms with E-state index in [4.69, 9.17) is 0 Å². The number of carbonyl (C=O) groups excluding carboxylic acids is 1. The molecule has 1 aliphatic carbocycles. The van der Waals surface area contributed by atoms with Crippen molar-refractivity contribution in [1.29, 1.82) is 0 Å². The highest BCUT2D eigenvalue weighted by atomic mass is 16.2. The van der Waals surface area contributed by atoms with Crippen molar-refractivity contribution in [1.82, 2.24) is 14.9 Å². The van der Waals surface area contributed by atoms with Gasteiger partial charge >= 0.3 is 5.69 Å². The Morgan fingerprint density at radius 3 is 2.71 bits per heavy atom. The summed E-state index contributed by atoms with van der Waals surface area (Å²) in [5, 5.41) is 0. The van der Waals surface area contributed by atoms with Crippen LogP contribution in [0.5, 0.6) is 0 Å². The van der Waals surface area contributed by atoms with Gasteiger partial charge in [-0.2, -0.15) is 0 Å². The van der Waals surface area contributed by atoms with Gasteiger partial charge in [-0.05, 0) is 12.8 Å². The van der Waals surface area contributed by atoms with E-state index in [1.54, 1.807) is 4.90 Å². The van der Waals surface area contributed by atoms with Crippen LogP contribution in [0.1, 0.15) is 24.1 Å². The van der Waals surface area contributed by atoms with Crippen molar-refractivity contribution in [3.63, 3.8) is 0 Å². The smallest absolute Gasteiger partial charge is 0.325 e. The van der Waals surface area contributed by atoms with Gasteiger partial charge in [-0.25, -0.2) is 4.79 Å². The fourth-order valence-electron chi connectivity index (χ4n) is 2.23. The van der Waals surface area contributed by atoms with E-state index in [2.05, 4.69) is 9.97 Å². The molecule has 2 N–H and O–H groups in total. The van der Waals surface area contributed by atoms with Crippen LogP contribution in [-0.2, 0) is 17.8 Å². The van der Waals surface area contributed by atoms with E-state index < -0.39 is 5.69 Å². The fraction of sp³-hybridized carbons (Fsp3) is 0.545. The van der Waals surface area contributed by atoms with Gasteiger partial charge < -0.3 is 9.88 Å². The molecule has 1 aliphatic heterocycles. The standard InChI is InChI=1S/C11H13N3O3/c15-9-7-5-14(10(16)6-1-2-6)4-3-8(7)12-11(17)13-9/h6H,1-5H2,(H2,12,13,15,17). The molecule has 1 fully saturated rings. The maximum atomic E-state index is 11.9. The number of carbonyl (C=O) groups is 1. The van der Waals surface area contributed by atoms with Crippen LogP contribution in [0.15, 0.2) is 9.59 Å². The molecule has 1 aromatic heterocycles. The Bertz CT molecular complexity index is 582. The van der Waals surface area contributed by atoms with Gasteiger partial charge in [0.2, 0.25) is 5.91 Å². The minimum atomic E-state index is -0.476. The third-order valence-corrected chi connectivity index (χ3v) is 3.35. The zero-order valence-electron chi connectivity index (χ0n) is 9.28. The third kappa shape index (κ3) is 1.79. The van der Waals surface area contributed by atoms with Crippen LogP contribution < -0.4 is 11.2 Å². The predicted molar refractivity (Wildman–Crippen MR) is 59.5 cm³/mol. The molecule has 2 heterocycles. The van der Waals surface area contributed by atoms with Crippen LogP contribution >= 0.6 is 0 Å². The summed E-state index contributed by atoms with van der Waals surface area (Å²) in [5.41, 5.74) is 0.330. The molecule has 0 radical (unpaired) electrons. The number of H-pyrrole nitrogens is 2. The SMILES string of the molecule is O=C(C1CC1)N1CCc2[nH]c(=O)[nH]c(=O)c2C1. The number of hydrogen-bond acceptors (Lipinski definition) is 3. The van der Waals surface area contributed by atoms with Crippen molar-refractivity contribution >= 4 is 5.91 Å². The number of aromatic amines is 2. The molecule has 3 rings (SSSR count). The molecule has 0 unspecified atom stereocenters. The first-order valence-corrected chi connectivity index (χ1v) is 5.78. The predicted octanol–water partition coefficient (Wildman–Crippen LogP) is -0.642. The molecule has 2 aliphatic rings. The Labute approximate surface area is 96.7 Å². The van der Waals surface area contributed by atoms with E-state index >= 15 is 0 Å². The van der Waals surface area contributed by atoms with E-state index in [0.29, 0.717) is 30.8 Å². The molecule has 0 atom stereocenters. The van der Waals surface area contributed by atoms with Crippen LogP contribution in [0.25, 0.3) is 0 Å². The van der Waals surface area contributed by atoms with E-state index in [1.165, 1.54) is 0 Å². The zero-order chi connectivity index (χ0) is 12.0. The Kier molecular flexibility index (Phi) is 2.17. The lowest BCUT2D eigenvalue weighted by Crippen LogP contribution is -2.42. The number of rotatable bonds is 1. The largest absolute Gasteiger partial charge is 0.337 e. The van der Waals surface area contributed by atoms with Gasteiger partial charge in [0.05, 0.1) is 12.1 Å². The molecule has 90 valence electrons. The van der Waals surface area contributed by atoms with Crippen LogP contribution in [0.2, 0.25) is 0 Å². The number of amides is 1. The summed E-state index contributed by atoms with van der Waals surface area (Å²) in [6, 6.07) is 0. The lowest BCUT2D eigenvalue weighted by atomic mass is 10.1. The molecule has 6 heteroatoms. The van der Waals surface area contributed by atoms with Crippen molar-refractivity contribution in [3.8, 4) is 0 Å². The van der Waals surface area contributed by atoms with Crippen LogP contribution in [-0.4, -0.2) is 27.3 Å². The normalized spacial score (nSPS) is 18.9. The lowest BCUT2D eigenvalue weighted by Gasteiger charge is -2.27. The second-order valence-corrected chi connectivity index (χ2v) is 4.65. The van der Waals surface area contributed by atoms with Crippen molar-refractivity contribution in [3.05, 3.63) is 32.1 Å². The van der Waals surface area contributed by atoms with E-state index in [1.807, 2.05) is 0 Å². The topological polar surface area (TPSA) is 86.0 Å². The first-order chi connectivity index (χ1) is 8.15. The van der Waals surface area contributed by atoms with Crippen LogP contribution in [0, 0.1) is 5.92 Å². The second-order valence-electron chi connectivity index (χ2n) is 4.65. The summed E-state index contributed by atoms with van der Waals surface area (Å²) < 4.78 is 0. The molecular weight excluding hydrogens is 222 g/mol. The molecule has 0 bridgehead atoms. The maximum Gasteiger partial charge on any atom is 0.325 e. The van der Waals surface area contributed by atoms with E-state index in [-0.39, 0.29) is 17.4 Å². The minimum absolute atomic E-state index is 0.140. The molecule has 1 aromatic rings. The Morgan fingerprint density at radius 2 is 2.00 bits per heavy atom. The van der Waals surface area contributed by atoms with E-state index in [9.17, 15) is 14.4 Å². The van der Waals surface area contributed by atoms with Crippen LogP contribution in [0.4, 0.5) is 0 Å². The van der Waals surface area contributed by atoms with Gasteiger partial charge in [0.25, 0.3) is 5.56 Å². The number of nitrogens with one attached hydrogen (secondary N) is 2. The van der Waals surface area contributed by atoms with Gasteiger partial charge in [0, 0.05) is 24.6 Å². The summed E-state index contributed by atoms with van der Waals surface area (Å²) in [5.74, 6) is 0.305. The van der Waals surface area contributed by atoms with Crippen molar-refractivity contribution in [2.45, 2.75) is 25.8 Å². The van der Waals surface area contributed by atoms with Gasteiger partial charge in [0.1, 0.15) is 0 Å². The van der Waals surface area contributed by atoms with Crippen molar-refractivity contribution < 1.29 is 4.79 Å². The van der Waals surface area contributed by atoms with Gasteiger partial charge in [-0.3, -0.25) is 14.6 Å². The summed E-state index contributed by atoms with van der Waals surface area (Å²) in [4.78, 5) is 41.2. The van der Waals surface area contributed by atoms with Gasteiger partial charge in [0.15, 0.2) is 0 Å².